The molecule has 1 rings (SSSR count). The van der Waals surface area contributed by atoms with Crippen molar-refractivity contribution in [3.8, 4) is 5.75 Å². The maximum Gasteiger partial charge on any atom is 0.122 e. The molecule has 0 saturated carbocycles. The van der Waals surface area contributed by atoms with Crippen molar-refractivity contribution in [1.82, 2.24) is 5.32 Å². The molecule has 1 aromatic carbocycles. The van der Waals surface area contributed by atoms with Gasteiger partial charge in [-0.05, 0) is 44.9 Å². The molecular formula is C15H25NO. The zero-order chi connectivity index (χ0) is 12.5. The number of hydrogen-bond donors (Lipinski definition) is 1. The van der Waals surface area contributed by atoms with Gasteiger partial charge in [-0.2, -0.15) is 0 Å². The number of ether oxygens (including phenoxy) is 1. The van der Waals surface area contributed by atoms with Crippen LogP contribution in [-0.2, 0) is 6.42 Å². The number of hydrogen-bond acceptors (Lipinski definition) is 2. The summed E-state index contributed by atoms with van der Waals surface area (Å²) in [7, 11) is 2.05. The van der Waals surface area contributed by atoms with Crippen LogP contribution in [0, 0.1) is 0 Å². The van der Waals surface area contributed by atoms with Crippen LogP contribution >= 0.6 is 0 Å². The lowest BCUT2D eigenvalue weighted by atomic mass is 10.0. The van der Waals surface area contributed by atoms with Crippen LogP contribution in [0.3, 0.4) is 0 Å². The molecule has 0 fully saturated rings. The Labute approximate surface area is 105 Å². The third-order valence-corrected chi connectivity index (χ3v) is 3.08. The zero-order valence-electron chi connectivity index (χ0n) is 11.3. The summed E-state index contributed by atoms with van der Waals surface area (Å²) in [5.74, 6) is 1.04. The molecule has 0 spiro atoms. The second-order valence-corrected chi connectivity index (χ2v) is 4.35. The predicted molar refractivity (Wildman–Crippen MR) is 73.7 cm³/mol. The first-order chi connectivity index (χ1) is 8.31. The molecule has 1 aromatic rings. The molecule has 1 atom stereocenters. The number of para-hydroxylation sites is 1. The van der Waals surface area contributed by atoms with E-state index in [0.29, 0.717) is 6.04 Å². The van der Waals surface area contributed by atoms with E-state index in [2.05, 4.69) is 37.5 Å². The monoisotopic (exact) mass is 235 g/mol. The maximum atomic E-state index is 5.64. The molecule has 2 nitrogen and oxygen atoms in total. The molecule has 0 aliphatic rings. The molecule has 0 aliphatic heterocycles. The van der Waals surface area contributed by atoms with Gasteiger partial charge in [0.25, 0.3) is 0 Å². The molecule has 0 bridgehead atoms. The average Bonchev–Trinajstić information content (AvgIpc) is 2.36. The van der Waals surface area contributed by atoms with E-state index in [4.69, 9.17) is 4.74 Å². The topological polar surface area (TPSA) is 21.3 Å². The summed E-state index contributed by atoms with van der Waals surface area (Å²) < 4.78 is 5.64. The Hall–Kier alpha value is -1.02. The Bertz CT molecular complexity index is 312. The number of benzene rings is 1. The third kappa shape index (κ3) is 4.78. The average molecular weight is 235 g/mol. The smallest absolute Gasteiger partial charge is 0.122 e. The lowest BCUT2D eigenvalue weighted by Gasteiger charge is -2.16. The van der Waals surface area contributed by atoms with E-state index in [9.17, 15) is 0 Å². The van der Waals surface area contributed by atoms with E-state index >= 15 is 0 Å². The Morgan fingerprint density at radius 3 is 2.59 bits per heavy atom. The van der Waals surface area contributed by atoms with Crippen LogP contribution in [0.25, 0.3) is 0 Å². The number of rotatable bonds is 8. The second kappa shape index (κ2) is 8.13. The van der Waals surface area contributed by atoms with Gasteiger partial charge in [0.2, 0.25) is 0 Å². The Balaban J connectivity index is 2.55. The largest absolute Gasteiger partial charge is 0.494 e. The minimum absolute atomic E-state index is 0.620. The van der Waals surface area contributed by atoms with Crippen LogP contribution < -0.4 is 10.1 Å². The molecule has 0 radical (unpaired) electrons. The third-order valence-electron chi connectivity index (χ3n) is 3.08. The molecule has 17 heavy (non-hydrogen) atoms. The highest BCUT2D eigenvalue weighted by atomic mass is 16.5. The van der Waals surface area contributed by atoms with Gasteiger partial charge in [0.05, 0.1) is 6.61 Å². The van der Waals surface area contributed by atoms with Crippen LogP contribution in [0.15, 0.2) is 24.3 Å². The van der Waals surface area contributed by atoms with Crippen molar-refractivity contribution >= 4 is 0 Å². The summed E-state index contributed by atoms with van der Waals surface area (Å²) >= 11 is 0. The van der Waals surface area contributed by atoms with Gasteiger partial charge < -0.3 is 10.1 Å². The first kappa shape index (κ1) is 14.0. The second-order valence-electron chi connectivity index (χ2n) is 4.35. The van der Waals surface area contributed by atoms with Gasteiger partial charge in [-0.3, -0.25) is 0 Å². The summed E-state index contributed by atoms with van der Waals surface area (Å²) in [6.07, 6.45) is 4.74. The van der Waals surface area contributed by atoms with Gasteiger partial charge in [-0.15, -0.1) is 0 Å². The molecular weight excluding hydrogens is 210 g/mol. The van der Waals surface area contributed by atoms with Crippen LogP contribution in [-0.4, -0.2) is 19.7 Å². The summed E-state index contributed by atoms with van der Waals surface area (Å²) in [4.78, 5) is 0. The van der Waals surface area contributed by atoms with Gasteiger partial charge in [0, 0.05) is 6.04 Å². The SMILES string of the molecule is CCCC(CCc1ccccc1OCC)NC. The zero-order valence-corrected chi connectivity index (χ0v) is 11.3. The Morgan fingerprint density at radius 2 is 1.94 bits per heavy atom. The molecule has 0 saturated heterocycles. The number of nitrogens with one attached hydrogen (secondary N) is 1. The Kier molecular flexibility index (Phi) is 6.71. The minimum Gasteiger partial charge on any atom is -0.494 e. The summed E-state index contributed by atoms with van der Waals surface area (Å²) in [6, 6.07) is 8.98. The fourth-order valence-electron chi connectivity index (χ4n) is 2.12. The van der Waals surface area contributed by atoms with E-state index in [1.165, 1.54) is 24.8 Å². The summed E-state index contributed by atoms with van der Waals surface area (Å²) in [6.45, 7) is 5.00. The highest BCUT2D eigenvalue weighted by Crippen LogP contribution is 2.20. The van der Waals surface area contributed by atoms with Crippen molar-refractivity contribution < 1.29 is 4.74 Å². The molecule has 1 unspecified atom stereocenters. The lowest BCUT2D eigenvalue weighted by Crippen LogP contribution is -2.25. The van der Waals surface area contributed by atoms with E-state index < -0.39 is 0 Å². The number of aryl methyl sites for hydroxylation is 1. The highest BCUT2D eigenvalue weighted by Gasteiger charge is 2.07. The highest BCUT2D eigenvalue weighted by molar-refractivity contribution is 5.33. The molecule has 1 N–H and O–H groups in total. The lowest BCUT2D eigenvalue weighted by molar-refractivity contribution is 0.335. The molecule has 2 heteroatoms. The fraction of sp³-hybridized carbons (Fsp3) is 0.600. The van der Waals surface area contributed by atoms with E-state index in [1.807, 2.05) is 13.0 Å². The summed E-state index contributed by atoms with van der Waals surface area (Å²) in [5.41, 5.74) is 1.32. The van der Waals surface area contributed by atoms with E-state index in [-0.39, 0.29) is 0 Å². The quantitative estimate of drug-likeness (QED) is 0.745. The van der Waals surface area contributed by atoms with Crippen molar-refractivity contribution in [1.29, 1.82) is 0 Å². The van der Waals surface area contributed by atoms with Crippen LogP contribution in [0.5, 0.6) is 5.75 Å². The van der Waals surface area contributed by atoms with E-state index in [1.54, 1.807) is 0 Å². The van der Waals surface area contributed by atoms with Crippen LogP contribution in [0.1, 0.15) is 38.7 Å². The summed E-state index contributed by atoms with van der Waals surface area (Å²) in [5, 5.41) is 3.38. The molecule has 0 aromatic heterocycles. The Morgan fingerprint density at radius 1 is 1.18 bits per heavy atom. The van der Waals surface area contributed by atoms with E-state index in [0.717, 1.165) is 18.8 Å². The standard InChI is InChI=1S/C15H25NO/c1-4-8-14(16-3)12-11-13-9-6-7-10-15(13)17-5-2/h6-7,9-10,14,16H,4-5,8,11-12H2,1-3H3. The molecule has 0 amide bonds. The molecule has 96 valence electrons. The molecule has 0 aliphatic carbocycles. The van der Waals surface area contributed by atoms with Gasteiger partial charge in [0.1, 0.15) is 5.75 Å². The van der Waals surface area contributed by atoms with Crippen LogP contribution in [0.2, 0.25) is 0 Å². The maximum absolute atomic E-state index is 5.64. The van der Waals surface area contributed by atoms with Crippen molar-refractivity contribution in [2.24, 2.45) is 0 Å². The van der Waals surface area contributed by atoms with Gasteiger partial charge in [-0.1, -0.05) is 31.5 Å². The van der Waals surface area contributed by atoms with Crippen molar-refractivity contribution in [2.45, 2.75) is 45.6 Å². The van der Waals surface area contributed by atoms with Gasteiger partial charge in [0.15, 0.2) is 0 Å². The van der Waals surface area contributed by atoms with Crippen LogP contribution in [0.4, 0.5) is 0 Å². The van der Waals surface area contributed by atoms with Gasteiger partial charge >= 0.3 is 0 Å². The fourth-order valence-corrected chi connectivity index (χ4v) is 2.12. The first-order valence-corrected chi connectivity index (χ1v) is 6.69. The first-order valence-electron chi connectivity index (χ1n) is 6.69. The van der Waals surface area contributed by atoms with Crippen molar-refractivity contribution in [3.63, 3.8) is 0 Å². The normalized spacial score (nSPS) is 12.4. The minimum atomic E-state index is 0.620. The van der Waals surface area contributed by atoms with Crippen molar-refractivity contribution in [2.75, 3.05) is 13.7 Å². The predicted octanol–water partition coefficient (Wildman–Crippen LogP) is 3.41. The van der Waals surface area contributed by atoms with Gasteiger partial charge in [-0.25, -0.2) is 0 Å². The van der Waals surface area contributed by atoms with Crippen molar-refractivity contribution in [3.05, 3.63) is 29.8 Å². The molecule has 0 heterocycles.